The maximum absolute atomic E-state index is 11.3. The van der Waals surface area contributed by atoms with Gasteiger partial charge in [0.1, 0.15) is 0 Å². The van der Waals surface area contributed by atoms with E-state index in [1.807, 2.05) is 17.0 Å². The second-order valence-corrected chi connectivity index (χ2v) is 4.56. The average Bonchev–Trinajstić information content (AvgIpc) is 2.39. The SMILES string of the molecule is NC(=O)c1ccccc1CN1CCC=C(C(=O)O)C1. The van der Waals surface area contributed by atoms with Crippen molar-refractivity contribution in [3.8, 4) is 0 Å². The van der Waals surface area contributed by atoms with E-state index in [9.17, 15) is 9.59 Å². The van der Waals surface area contributed by atoms with Crippen LogP contribution in [0.15, 0.2) is 35.9 Å². The maximum Gasteiger partial charge on any atom is 0.332 e. The van der Waals surface area contributed by atoms with E-state index in [1.54, 1.807) is 18.2 Å². The van der Waals surface area contributed by atoms with Crippen molar-refractivity contribution < 1.29 is 14.7 Å². The predicted molar refractivity (Wildman–Crippen MR) is 70.6 cm³/mol. The van der Waals surface area contributed by atoms with Gasteiger partial charge in [-0.15, -0.1) is 0 Å². The first-order chi connectivity index (χ1) is 9.08. The first-order valence-corrected chi connectivity index (χ1v) is 6.10. The fourth-order valence-corrected chi connectivity index (χ4v) is 2.24. The standard InChI is InChI=1S/C14H16N2O3/c15-13(17)12-6-2-1-4-10(12)8-16-7-3-5-11(9-16)14(18)19/h1-2,4-6H,3,7-9H2,(H2,15,17)(H,18,19). The van der Waals surface area contributed by atoms with Crippen LogP contribution in [0.2, 0.25) is 0 Å². The molecule has 2 rings (SSSR count). The van der Waals surface area contributed by atoms with Gasteiger partial charge in [0.15, 0.2) is 0 Å². The summed E-state index contributed by atoms with van der Waals surface area (Å²) in [4.78, 5) is 24.3. The summed E-state index contributed by atoms with van der Waals surface area (Å²) in [5.41, 5.74) is 7.07. The lowest BCUT2D eigenvalue weighted by atomic mass is 10.0. The van der Waals surface area contributed by atoms with Gasteiger partial charge < -0.3 is 10.8 Å². The molecule has 5 heteroatoms. The molecular formula is C14H16N2O3. The molecule has 5 nitrogen and oxygen atoms in total. The minimum Gasteiger partial charge on any atom is -0.478 e. The van der Waals surface area contributed by atoms with Crippen LogP contribution in [-0.2, 0) is 11.3 Å². The Bertz CT molecular complexity index is 537. The number of benzene rings is 1. The van der Waals surface area contributed by atoms with Crippen molar-refractivity contribution in [2.45, 2.75) is 13.0 Å². The molecule has 1 amide bonds. The van der Waals surface area contributed by atoms with E-state index in [-0.39, 0.29) is 0 Å². The van der Waals surface area contributed by atoms with Gasteiger partial charge in [0.2, 0.25) is 5.91 Å². The van der Waals surface area contributed by atoms with Crippen LogP contribution in [0.25, 0.3) is 0 Å². The lowest BCUT2D eigenvalue weighted by Gasteiger charge is -2.26. The van der Waals surface area contributed by atoms with Crippen molar-refractivity contribution in [2.75, 3.05) is 13.1 Å². The number of carbonyl (C=O) groups excluding carboxylic acids is 1. The van der Waals surface area contributed by atoms with Crippen LogP contribution < -0.4 is 5.73 Å². The molecule has 100 valence electrons. The van der Waals surface area contributed by atoms with Crippen molar-refractivity contribution in [2.24, 2.45) is 5.73 Å². The largest absolute Gasteiger partial charge is 0.478 e. The second-order valence-electron chi connectivity index (χ2n) is 4.56. The van der Waals surface area contributed by atoms with Crippen LogP contribution in [0, 0.1) is 0 Å². The van der Waals surface area contributed by atoms with Crippen molar-refractivity contribution in [3.05, 3.63) is 47.0 Å². The third kappa shape index (κ3) is 3.20. The summed E-state index contributed by atoms with van der Waals surface area (Å²) in [6.07, 6.45) is 2.46. The number of hydrogen-bond donors (Lipinski definition) is 2. The highest BCUT2D eigenvalue weighted by Crippen LogP contribution is 2.16. The molecule has 0 saturated heterocycles. The molecule has 0 atom stereocenters. The third-order valence-corrected chi connectivity index (χ3v) is 3.18. The molecule has 0 aromatic heterocycles. The average molecular weight is 260 g/mol. The van der Waals surface area contributed by atoms with E-state index in [2.05, 4.69) is 0 Å². The van der Waals surface area contributed by atoms with Crippen molar-refractivity contribution in [1.82, 2.24) is 4.90 Å². The van der Waals surface area contributed by atoms with Gasteiger partial charge in [-0.25, -0.2) is 4.79 Å². The fraction of sp³-hybridized carbons (Fsp3) is 0.286. The molecule has 3 N–H and O–H groups in total. The summed E-state index contributed by atoms with van der Waals surface area (Å²) in [7, 11) is 0. The van der Waals surface area contributed by atoms with Gasteiger partial charge in [0.25, 0.3) is 0 Å². The van der Waals surface area contributed by atoms with E-state index in [0.29, 0.717) is 30.6 Å². The number of nitrogens with zero attached hydrogens (tertiary/aromatic N) is 1. The van der Waals surface area contributed by atoms with E-state index in [4.69, 9.17) is 10.8 Å². The molecule has 19 heavy (non-hydrogen) atoms. The van der Waals surface area contributed by atoms with Crippen LogP contribution in [0.4, 0.5) is 0 Å². The van der Waals surface area contributed by atoms with E-state index >= 15 is 0 Å². The number of amides is 1. The molecule has 1 aromatic rings. The second kappa shape index (κ2) is 5.67. The van der Waals surface area contributed by atoms with Crippen LogP contribution in [0.3, 0.4) is 0 Å². The van der Waals surface area contributed by atoms with Gasteiger partial charge >= 0.3 is 5.97 Å². The summed E-state index contributed by atoms with van der Waals surface area (Å²) < 4.78 is 0. The number of carbonyl (C=O) groups is 2. The molecular weight excluding hydrogens is 244 g/mol. The van der Waals surface area contributed by atoms with Crippen LogP contribution in [0.1, 0.15) is 22.3 Å². The Hall–Kier alpha value is -2.14. The molecule has 0 bridgehead atoms. The van der Waals surface area contributed by atoms with Crippen molar-refractivity contribution in [3.63, 3.8) is 0 Å². The molecule has 0 unspecified atom stereocenters. The van der Waals surface area contributed by atoms with Crippen molar-refractivity contribution in [1.29, 1.82) is 0 Å². The molecule has 1 heterocycles. The summed E-state index contributed by atoms with van der Waals surface area (Å²) in [6.45, 7) is 1.70. The third-order valence-electron chi connectivity index (χ3n) is 3.18. The van der Waals surface area contributed by atoms with Gasteiger partial charge in [-0.1, -0.05) is 24.3 Å². The number of primary amides is 1. The zero-order chi connectivity index (χ0) is 13.8. The number of carboxylic acids is 1. The zero-order valence-electron chi connectivity index (χ0n) is 10.5. The molecule has 1 aliphatic heterocycles. The van der Waals surface area contributed by atoms with Crippen LogP contribution in [-0.4, -0.2) is 35.0 Å². The first kappa shape index (κ1) is 13.3. The predicted octanol–water partition coefficient (Wildman–Crippen LogP) is 1.00. The minimum atomic E-state index is -0.882. The Morgan fingerprint density at radius 2 is 2.05 bits per heavy atom. The molecule has 0 aliphatic carbocycles. The minimum absolute atomic E-state index is 0.391. The number of carboxylic acid groups (broad SMARTS) is 1. The van der Waals surface area contributed by atoms with E-state index in [0.717, 1.165) is 12.1 Å². The molecule has 1 aromatic carbocycles. The van der Waals surface area contributed by atoms with Gasteiger partial charge in [0, 0.05) is 30.8 Å². The number of rotatable bonds is 4. The lowest BCUT2D eigenvalue weighted by molar-refractivity contribution is -0.133. The van der Waals surface area contributed by atoms with E-state index in [1.165, 1.54) is 0 Å². The summed E-state index contributed by atoms with van der Waals surface area (Å²) in [5, 5.41) is 9.00. The fourth-order valence-electron chi connectivity index (χ4n) is 2.24. The van der Waals surface area contributed by atoms with Crippen LogP contribution in [0.5, 0.6) is 0 Å². The number of aliphatic carboxylic acids is 1. The Morgan fingerprint density at radius 1 is 1.32 bits per heavy atom. The maximum atomic E-state index is 11.3. The smallest absolute Gasteiger partial charge is 0.332 e. The summed E-state index contributed by atoms with van der Waals surface area (Å²) in [5.74, 6) is -1.34. The Balaban J connectivity index is 2.12. The Morgan fingerprint density at radius 3 is 2.74 bits per heavy atom. The highest BCUT2D eigenvalue weighted by atomic mass is 16.4. The first-order valence-electron chi connectivity index (χ1n) is 6.10. The van der Waals surface area contributed by atoms with E-state index < -0.39 is 11.9 Å². The highest BCUT2D eigenvalue weighted by Gasteiger charge is 2.18. The quantitative estimate of drug-likeness (QED) is 0.846. The number of nitrogens with two attached hydrogens (primary N) is 1. The van der Waals surface area contributed by atoms with Gasteiger partial charge in [-0.2, -0.15) is 0 Å². The Kier molecular flexibility index (Phi) is 3.97. The molecule has 0 radical (unpaired) electrons. The molecule has 0 saturated carbocycles. The molecule has 0 fully saturated rings. The van der Waals surface area contributed by atoms with Crippen molar-refractivity contribution >= 4 is 11.9 Å². The van der Waals surface area contributed by atoms with Crippen LogP contribution >= 0.6 is 0 Å². The number of hydrogen-bond acceptors (Lipinski definition) is 3. The monoisotopic (exact) mass is 260 g/mol. The van der Waals surface area contributed by atoms with Gasteiger partial charge in [-0.05, 0) is 18.1 Å². The molecule has 0 spiro atoms. The highest BCUT2D eigenvalue weighted by molar-refractivity contribution is 5.94. The molecule has 1 aliphatic rings. The zero-order valence-corrected chi connectivity index (χ0v) is 10.5. The normalized spacial score (nSPS) is 15.9. The topological polar surface area (TPSA) is 83.6 Å². The summed E-state index contributed by atoms with van der Waals surface area (Å²) in [6, 6.07) is 7.15. The lowest BCUT2D eigenvalue weighted by Crippen LogP contribution is -2.32. The Labute approximate surface area is 111 Å². The van der Waals surface area contributed by atoms with Gasteiger partial charge in [0.05, 0.1) is 0 Å². The summed E-state index contributed by atoms with van der Waals surface area (Å²) >= 11 is 0. The van der Waals surface area contributed by atoms with Gasteiger partial charge in [-0.3, -0.25) is 9.69 Å².